The van der Waals surface area contributed by atoms with E-state index in [9.17, 15) is 4.79 Å². The van der Waals surface area contributed by atoms with E-state index in [1.807, 2.05) is 24.7 Å². The molecule has 0 saturated carbocycles. The van der Waals surface area contributed by atoms with Crippen molar-refractivity contribution in [3.05, 3.63) is 18.0 Å². The average Bonchev–Trinajstić information content (AvgIpc) is 2.52. The Balaban J connectivity index is 2.22. The summed E-state index contributed by atoms with van der Waals surface area (Å²) < 4.78 is 1.83. The monoisotopic (exact) mass is 195 g/mol. The highest BCUT2D eigenvalue weighted by Crippen LogP contribution is 1.96. The minimum atomic E-state index is 0.134. The van der Waals surface area contributed by atoms with Gasteiger partial charge in [-0.05, 0) is 12.5 Å². The van der Waals surface area contributed by atoms with Gasteiger partial charge in [-0.2, -0.15) is 5.10 Å². The third-order valence-corrected chi connectivity index (χ3v) is 2.10. The Labute approximate surface area is 84.3 Å². The number of nitrogens with one attached hydrogen (secondary N) is 1. The quantitative estimate of drug-likeness (QED) is 0.758. The Morgan fingerprint density at radius 1 is 1.64 bits per heavy atom. The zero-order chi connectivity index (χ0) is 10.4. The summed E-state index contributed by atoms with van der Waals surface area (Å²) in [5, 5.41) is 6.92. The maximum Gasteiger partial charge on any atom is 0.219 e. The third-order valence-electron chi connectivity index (χ3n) is 2.10. The molecular weight excluding hydrogens is 178 g/mol. The van der Waals surface area contributed by atoms with Crippen LogP contribution in [-0.4, -0.2) is 22.2 Å². The molecule has 0 aromatic carbocycles. The van der Waals surface area contributed by atoms with Crippen LogP contribution < -0.4 is 5.32 Å². The van der Waals surface area contributed by atoms with E-state index in [0.29, 0.717) is 13.0 Å². The van der Waals surface area contributed by atoms with Gasteiger partial charge in [0.2, 0.25) is 5.91 Å². The number of rotatable bonds is 5. The average molecular weight is 195 g/mol. The molecule has 0 bridgehead atoms. The summed E-state index contributed by atoms with van der Waals surface area (Å²) in [6.45, 7) is 2.69. The summed E-state index contributed by atoms with van der Waals surface area (Å²) in [5.74, 6) is 0.134. The zero-order valence-electron chi connectivity index (χ0n) is 8.79. The van der Waals surface area contributed by atoms with E-state index in [0.717, 1.165) is 18.5 Å². The van der Waals surface area contributed by atoms with Gasteiger partial charge in [0.1, 0.15) is 0 Å². The van der Waals surface area contributed by atoms with Crippen LogP contribution in [0.15, 0.2) is 12.3 Å². The van der Waals surface area contributed by atoms with Crippen molar-refractivity contribution < 1.29 is 4.79 Å². The van der Waals surface area contributed by atoms with Crippen molar-refractivity contribution in [3.8, 4) is 0 Å². The first-order chi connectivity index (χ1) is 6.74. The van der Waals surface area contributed by atoms with Crippen molar-refractivity contribution in [3.63, 3.8) is 0 Å². The minimum Gasteiger partial charge on any atom is -0.356 e. The van der Waals surface area contributed by atoms with Crippen molar-refractivity contribution >= 4 is 5.91 Å². The molecule has 1 aromatic heterocycles. The third kappa shape index (κ3) is 3.20. The van der Waals surface area contributed by atoms with Crippen LogP contribution in [-0.2, 0) is 18.3 Å². The number of amides is 1. The number of hydrogen-bond acceptors (Lipinski definition) is 2. The molecule has 1 rings (SSSR count). The van der Waals surface area contributed by atoms with Gasteiger partial charge in [-0.25, -0.2) is 0 Å². The highest BCUT2D eigenvalue weighted by atomic mass is 16.1. The fourth-order valence-corrected chi connectivity index (χ4v) is 1.29. The molecule has 14 heavy (non-hydrogen) atoms. The van der Waals surface area contributed by atoms with Crippen LogP contribution in [0.2, 0.25) is 0 Å². The lowest BCUT2D eigenvalue weighted by Crippen LogP contribution is -2.25. The second kappa shape index (κ2) is 5.42. The van der Waals surface area contributed by atoms with E-state index in [1.54, 1.807) is 6.20 Å². The van der Waals surface area contributed by atoms with Crippen LogP contribution in [0.3, 0.4) is 0 Å². The molecular formula is C10H17N3O. The largest absolute Gasteiger partial charge is 0.356 e. The Kier molecular flexibility index (Phi) is 4.16. The predicted octanol–water partition coefficient (Wildman–Crippen LogP) is 0.879. The number of carbonyl (C=O) groups is 1. The molecule has 0 aliphatic rings. The Morgan fingerprint density at radius 3 is 3.00 bits per heavy atom. The highest BCUT2D eigenvalue weighted by Gasteiger charge is 2.00. The van der Waals surface area contributed by atoms with Crippen molar-refractivity contribution in [1.29, 1.82) is 0 Å². The predicted molar refractivity (Wildman–Crippen MR) is 54.8 cm³/mol. The molecule has 0 radical (unpaired) electrons. The molecule has 78 valence electrons. The van der Waals surface area contributed by atoms with E-state index in [4.69, 9.17) is 0 Å². The molecule has 0 unspecified atom stereocenters. The molecule has 0 spiro atoms. The molecule has 0 aliphatic carbocycles. The molecule has 1 N–H and O–H groups in total. The molecule has 4 heteroatoms. The summed E-state index contributed by atoms with van der Waals surface area (Å²) in [7, 11) is 1.91. The Hall–Kier alpha value is -1.32. The molecule has 0 aliphatic heterocycles. The first-order valence-electron chi connectivity index (χ1n) is 4.97. The summed E-state index contributed by atoms with van der Waals surface area (Å²) in [6.07, 6.45) is 4.12. The van der Waals surface area contributed by atoms with Gasteiger partial charge in [0.05, 0.1) is 0 Å². The molecule has 1 amide bonds. The van der Waals surface area contributed by atoms with Crippen LogP contribution in [0.5, 0.6) is 0 Å². The number of hydrogen-bond donors (Lipinski definition) is 1. The SMILES string of the molecule is CCCC(=O)NCCc1ccnn1C. The summed E-state index contributed by atoms with van der Waals surface area (Å²) in [4.78, 5) is 11.1. The molecule has 1 aromatic rings. The van der Waals surface area contributed by atoms with Crippen LogP contribution in [0, 0.1) is 0 Å². The summed E-state index contributed by atoms with van der Waals surface area (Å²) in [5.41, 5.74) is 1.14. The van der Waals surface area contributed by atoms with Gasteiger partial charge < -0.3 is 5.32 Å². The van der Waals surface area contributed by atoms with E-state index in [2.05, 4.69) is 10.4 Å². The van der Waals surface area contributed by atoms with Crippen molar-refractivity contribution in [2.24, 2.45) is 7.05 Å². The molecule has 4 nitrogen and oxygen atoms in total. The van der Waals surface area contributed by atoms with E-state index in [-0.39, 0.29) is 5.91 Å². The van der Waals surface area contributed by atoms with Crippen LogP contribution in [0.1, 0.15) is 25.5 Å². The van der Waals surface area contributed by atoms with Gasteiger partial charge in [0.15, 0.2) is 0 Å². The normalized spacial score (nSPS) is 10.1. The fourth-order valence-electron chi connectivity index (χ4n) is 1.29. The first-order valence-corrected chi connectivity index (χ1v) is 4.97. The van der Waals surface area contributed by atoms with Gasteiger partial charge in [0, 0.05) is 38.3 Å². The summed E-state index contributed by atoms with van der Waals surface area (Å²) in [6, 6.07) is 1.96. The molecule has 0 saturated heterocycles. The van der Waals surface area contributed by atoms with E-state index < -0.39 is 0 Å². The van der Waals surface area contributed by atoms with E-state index in [1.165, 1.54) is 0 Å². The van der Waals surface area contributed by atoms with Crippen LogP contribution >= 0.6 is 0 Å². The van der Waals surface area contributed by atoms with Crippen molar-refractivity contribution in [2.75, 3.05) is 6.54 Å². The topological polar surface area (TPSA) is 46.9 Å². The van der Waals surface area contributed by atoms with Crippen LogP contribution in [0.4, 0.5) is 0 Å². The lowest BCUT2D eigenvalue weighted by atomic mass is 10.3. The zero-order valence-corrected chi connectivity index (χ0v) is 8.79. The van der Waals surface area contributed by atoms with Gasteiger partial charge in [-0.1, -0.05) is 6.92 Å². The summed E-state index contributed by atoms with van der Waals surface area (Å²) >= 11 is 0. The van der Waals surface area contributed by atoms with Gasteiger partial charge in [-0.3, -0.25) is 9.48 Å². The first kappa shape index (κ1) is 10.8. The molecule has 0 fully saturated rings. The maximum absolute atomic E-state index is 11.1. The lowest BCUT2D eigenvalue weighted by molar-refractivity contribution is -0.121. The highest BCUT2D eigenvalue weighted by molar-refractivity contribution is 5.75. The number of aryl methyl sites for hydroxylation is 1. The van der Waals surface area contributed by atoms with Gasteiger partial charge >= 0.3 is 0 Å². The Morgan fingerprint density at radius 2 is 2.43 bits per heavy atom. The lowest BCUT2D eigenvalue weighted by Gasteiger charge is -2.04. The van der Waals surface area contributed by atoms with Gasteiger partial charge in [0.25, 0.3) is 0 Å². The van der Waals surface area contributed by atoms with Crippen molar-refractivity contribution in [1.82, 2.24) is 15.1 Å². The minimum absolute atomic E-state index is 0.134. The second-order valence-electron chi connectivity index (χ2n) is 3.30. The molecule has 0 atom stereocenters. The maximum atomic E-state index is 11.1. The molecule has 1 heterocycles. The number of carbonyl (C=O) groups excluding carboxylic acids is 1. The second-order valence-corrected chi connectivity index (χ2v) is 3.30. The fraction of sp³-hybridized carbons (Fsp3) is 0.600. The van der Waals surface area contributed by atoms with Gasteiger partial charge in [-0.15, -0.1) is 0 Å². The number of aromatic nitrogens is 2. The standard InChI is InChI=1S/C10H17N3O/c1-3-4-10(14)11-7-5-9-6-8-12-13(9)2/h6,8H,3-5,7H2,1-2H3,(H,11,14). The van der Waals surface area contributed by atoms with E-state index >= 15 is 0 Å². The number of nitrogens with zero attached hydrogens (tertiary/aromatic N) is 2. The smallest absolute Gasteiger partial charge is 0.219 e. The van der Waals surface area contributed by atoms with Crippen molar-refractivity contribution in [2.45, 2.75) is 26.2 Å². The van der Waals surface area contributed by atoms with Crippen LogP contribution in [0.25, 0.3) is 0 Å². The Bertz CT molecular complexity index is 293.